The van der Waals surface area contributed by atoms with Gasteiger partial charge in [0.25, 0.3) is 0 Å². The summed E-state index contributed by atoms with van der Waals surface area (Å²) in [6, 6.07) is 1.35. The summed E-state index contributed by atoms with van der Waals surface area (Å²) >= 11 is 5.83. The number of pyridine rings is 1. The maximum Gasteiger partial charge on any atom is 0.337 e. The molecule has 5 heteroatoms. The SMILES string of the molecule is CC#CCNc1nccc(C(=O)O)c1Cl. The first-order valence-corrected chi connectivity index (χ1v) is 4.56. The Balaban J connectivity index is 2.92. The van der Waals surface area contributed by atoms with Crippen LogP contribution in [-0.4, -0.2) is 22.6 Å². The van der Waals surface area contributed by atoms with Gasteiger partial charge in [-0.15, -0.1) is 5.92 Å². The highest BCUT2D eigenvalue weighted by atomic mass is 35.5. The molecule has 0 aliphatic carbocycles. The van der Waals surface area contributed by atoms with Crippen molar-refractivity contribution in [3.63, 3.8) is 0 Å². The predicted molar refractivity (Wildman–Crippen MR) is 58.1 cm³/mol. The average Bonchev–Trinajstić information content (AvgIpc) is 2.20. The maximum absolute atomic E-state index is 10.7. The number of hydrogen-bond acceptors (Lipinski definition) is 3. The molecule has 2 N–H and O–H groups in total. The number of carbonyl (C=O) groups is 1. The van der Waals surface area contributed by atoms with Gasteiger partial charge in [0.1, 0.15) is 5.82 Å². The van der Waals surface area contributed by atoms with Gasteiger partial charge in [0, 0.05) is 6.20 Å². The topological polar surface area (TPSA) is 62.2 Å². The Morgan fingerprint density at radius 2 is 2.47 bits per heavy atom. The number of rotatable bonds is 3. The third-order valence-corrected chi connectivity index (χ3v) is 2.02. The fourth-order valence-corrected chi connectivity index (χ4v) is 1.21. The lowest BCUT2D eigenvalue weighted by molar-refractivity contribution is 0.0697. The van der Waals surface area contributed by atoms with Crippen molar-refractivity contribution in [3.05, 3.63) is 22.8 Å². The van der Waals surface area contributed by atoms with Crippen LogP contribution in [0, 0.1) is 11.8 Å². The van der Waals surface area contributed by atoms with Crippen LogP contribution in [0.5, 0.6) is 0 Å². The smallest absolute Gasteiger partial charge is 0.337 e. The molecule has 0 aliphatic heterocycles. The van der Waals surface area contributed by atoms with Crippen LogP contribution in [-0.2, 0) is 0 Å². The Morgan fingerprint density at radius 1 is 1.73 bits per heavy atom. The van der Waals surface area contributed by atoms with Gasteiger partial charge < -0.3 is 10.4 Å². The molecule has 0 aliphatic rings. The van der Waals surface area contributed by atoms with Crippen LogP contribution < -0.4 is 5.32 Å². The molecule has 0 amide bonds. The first-order valence-electron chi connectivity index (χ1n) is 4.18. The summed E-state index contributed by atoms with van der Waals surface area (Å²) < 4.78 is 0. The van der Waals surface area contributed by atoms with Crippen molar-refractivity contribution >= 4 is 23.4 Å². The summed E-state index contributed by atoms with van der Waals surface area (Å²) in [6.45, 7) is 2.09. The van der Waals surface area contributed by atoms with Crippen molar-refractivity contribution in [2.24, 2.45) is 0 Å². The standard InChI is InChI=1S/C10H9ClN2O2/c1-2-3-5-12-9-8(11)7(10(14)15)4-6-13-9/h4,6H,5H2,1H3,(H,12,13)(H,14,15). The molecule has 0 radical (unpaired) electrons. The van der Waals surface area contributed by atoms with E-state index in [1.54, 1.807) is 6.92 Å². The van der Waals surface area contributed by atoms with E-state index in [1.807, 2.05) is 0 Å². The number of carboxylic acid groups (broad SMARTS) is 1. The first kappa shape index (κ1) is 11.3. The second-order valence-corrected chi connectivity index (χ2v) is 2.98. The highest BCUT2D eigenvalue weighted by Gasteiger charge is 2.12. The number of halogens is 1. The Labute approximate surface area is 92.3 Å². The van der Waals surface area contributed by atoms with Gasteiger partial charge in [-0.2, -0.15) is 0 Å². The van der Waals surface area contributed by atoms with E-state index < -0.39 is 5.97 Å². The van der Waals surface area contributed by atoms with Gasteiger partial charge in [-0.05, 0) is 13.0 Å². The summed E-state index contributed by atoms with van der Waals surface area (Å²) in [5, 5.41) is 11.7. The first-order chi connectivity index (χ1) is 7.16. The van der Waals surface area contributed by atoms with Crippen molar-refractivity contribution in [3.8, 4) is 11.8 Å². The maximum atomic E-state index is 10.7. The van der Waals surface area contributed by atoms with Gasteiger partial charge in [-0.25, -0.2) is 9.78 Å². The van der Waals surface area contributed by atoms with Crippen LogP contribution in [0.3, 0.4) is 0 Å². The van der Waals surface area contributed by atoms with Crippen LogP contribution in [0.1, 0.15) is 17.3 Å². The molecule has 0 atom stereocenters. The average molecular weight is 225 g/mol. The van der Waals surface area contributed by atoms with Crippen LogP contribution >= 0.6 is 11.6 Å². The highest BCUT2D eigenvalue weighted by Crippen LogP contribution is 2.22. The van der Waals surface area contributed by atoms with E-state index in [2.05, 4.69) is 22.1 Å². The zero-order valence-electron chi connectivity index (χ0n) is 8.04. The molecule has 0 spiro atoms. The number of carboxylic acids is 1. The Morgan fingerprint density at radius 3 is 3.07 bits per heavy atom. The Bertz CT molecular complexity index is 435. The summed E-state index contributed by atoms with van der Waals surface area (Å²) in [5.74, 6) is 4.72. The van der Waals surface area contributed by atoms with Gasteiger partial charge in [0.15, 0.2) is 0 Å². The van der Waals surface area contributed by atoms with E-state index in [0.717, 1.165) is 0 Å². The second-order valence-electron chi connectivity index (χ2n) is 2.61. The molecule has 15 heavy (non-hydrogen) atoms. The molecular weight excluding hydrogens is 216 g/mol. The quantitative estimate of drug-likeness (QED) is 0.770. The van der Waals surface area contributed by atoms with E-state index in [9.17, 15) is 4.79 Å². The lowest BCUT2D eigenvalue weighted by Gasteiger charge is -2.05. The van der Waals surface area contributed by atoms with Gasteiger partial charge in [0.2, 0.25) is 0 Å². The predicted octanol–water partition coefficient (Wildman–Crippen LogP) is 1.87. The lowest BCUT2D eigenvalue weighted by Crippen LogP contribution is -2.05. The molecular formula is C10H9ClN2O2. The van der Waals surface area contributed by atoms with Crippen LogP contribution in [0.25, 0.3) is 0 Å². The molecule has 0 bridgehead atoms. The number of hydrogen-bond donors (Lipinski definition) is 2. The van der Waals surface area contributed by atoms with Gasteiger partial charge in [0.05, 0.1) is 17.1 Å². The van der Waals surface area contributed by atoms with Gasteiger partial charge >= 0.3 is 5.97 Å². The van der Waals surface area contributed by atoms with E-state index in [4.69, 9.17) is 16.7 Å². The van der Waals surface area contributed by atoms with E-state index in [0.29, 0.717) is 12.4 Å². The van der Waals surface area contributed by atoms with Gasteiger partial charge in [-0.3, -0.25) is 0 Å². The minimum atomic E-state index is -1.08. The zero-order chi connectivity index (χ0) is 11.3. The van der Waals surface area contributed by atoms with E-state index >= 15 is 0 Å². The fourth-order valence-electron chi connectivity index (χ4n) is 0.948. The van der Waals surface area contributed by atoms with Crippen molar-refractivity contribution in [2.45, 2.75) is 6.92 Å². The molecule has 4 nitrogen and oxygen atoms in total. The molecule has 0 saturated heterocycles. The van der Waals surface area contributed by atoms with Crippen molar-refractivity contribution in [1.82, 2.24) is 4.98 Å². The number of aromatic nitrogens is 1. The largest absolute Gasteiger partial charge is 0.478 e. The van der Waals surface area contributed by atoms with Crippen molar-refractivity contribution in [2.75, 3.05) is 11.9 Å². The molecule has 0 aromatic carbocycles. The molecule has 1 heterocycles. The summed E-state index contributed by atoms with van der Waals surface area (Å²) in [5.41, 5.74) is 0.0265. The van der Waals surface area contributed by atoms with Crippen molar-refractivity contribution in [1.29, 1.82) is 0 Å². The normalized spacial score (nSPS) is 8.93. The zero-order valence-corrected chi connectivity index (χ0v) is 8.80. The Kier molecular flexibility index (Phi) is 3.95. The van der Waals surface area contributed by atoms with E-state index in [1.165, 1.54) is 12.3 Å². The number of nitrogens with zero attached hydrogens (tertiary/aromatic N) is 1. The number of nitrogens with one attached hydrogen (secondary N) is 1. The summed E-state index contributed by atoms with van der Waals surface area (Å²) in [7, 11) is 0. The van der Waals surface area contributed by atoms with Gasteiger partial charge in [-0.1, -0.05) is 17.5 Å². The third kappa shape index (κ3) is 2.86. The van der Waals surface area contributed by atoms with Crippen LogP contribution in [0.4, 0.5) is 5.82 Å². The molecule has 1 aromatic rings. The Hall–Kier alpha value is -1.73. The second kappa shape index (κ2) is 5.23. The fraction of sp³-hybridized carbons (Fsp3) is 0.200. The minimum absolute atomic E-state index is 0.0265. The molecule has 1 rings (SSSR count). The molecule has 0 unspecified atom stereocenters. The highest BCUT2D eigenvalue weighted by molar-refractivity contribution is 6.35. The summed E-state index contributed by atoms with van der Waals surface area (Å²) in [6.07, 6.45) is 1.39. The molecule has 0 saturated carbocycles. The number of anilines is 1. The minimum Gasteiger partial charge on any atom is -0.478 e. The number of aromatic carboxylic acids is 1. The van der Waals surface area contributed by atoms with Crippen LogP contribution in [0.15, 0.2) is 12.3 Å². The molecule has 1 aromatic heterocycles. The molecule has 0 fully saturated rings. The molecule has 78 valence electrons. The summed E-state index contributed by atoms with van der Waals surface area (Å²) in [4.78, 5) is 14.7. The third-order valence-electron chi connectivity index (χ3n) is 1.64. The lowest BCUT2D eigenvalue weighted by atomic mass is 10.2. The monoisotopic (exact) mass is 224 g/mol. The van der Waals surface area contributed by atoms with Crippen molar-refractivity contribution < 1.29 is 9.90 Å². The van der Waals surface area contributed by atoms with E-state index in [-0.39, 0.29) is 10.6 Å². The van der Waals surface area contributed by atoms with Crippen LogP contribution in [0.2, 0.25) is 5.02 Å².